The van der Waals surface area contributed by atoms with E-state index in [2.05, 4.69) is 49.6 Å². The van der Waals surface area contributed by atoms with Crippen molar-refractivity contribution < 1.29 is 0 Å². The second kappa shape index (κ2) is 16.9. The molecule has 1 aromatic carbocycles. The predicted octanol–water partition coefficient (Wildman–Crippen LogP) is 5.78. The largest absolute Gasteiger partial charge is 0.385 e. The standard InChI is InChI=1S/C10H20N2S4.C8H9NS2/c1-5-11(6-2)9(13)15-16-10(14)12(7-3)8-4;9-8(10)11-6-7-4-2-1-3-5-7/h5-8H2,1-4H3;1-5H,6H2,(H2,9,10). The molecule has 0 amide bonds. The molecule has 0 unspecified atom stereocenters. The van der Waals surface area contributed by atoms with Crippen LogP contribution in [0.2, 0.25) is 0 Å². The van der Waals surface area contributed by atoms with E-state index in [1.54, 1.807) is 21.6 Å². The number of nitrogens with two attached hydrogens (primary N) is 1. The fourth-order valence-electron chi connectivity index (χ4n) is 1.87. The molecule has 0 atom stereocenters. The topological polar surface area (TPSA) is 32.5 Å². The molecule has 0 fully saturated rings. The van der Waals surface area contributed by atoms with Gasteiger partial charge in [0.25, 0.3) is 0 Å². The average Bonchev–Trinajstić information content (AvgIpc) is 2.68. The molecule has 2 N–H and O–H groups in total. The Hall–Kier alpha value is -0.0600. The number of hydrogen-bond acceptors (Lipinski definition) is 6. The first-order valence-corrected chi connectivity index (χ1v) is 13.1. The molecule has 0 saturated heterocycles. The summed E-state index contributed by atoms with van der Waals surface area (Å²) >= 11 is 16.9. The fourth-order valence-corrected chi connectivity index (χ4v) is 5.61. The summed E-state index contributed by atoms with van der Waals surface area (Å²) in [4.78, 5) is 4.33. The second-order valence-corrected chi connectivity index (χ2v) is 10.2. The van der Waals surface area contributed by atoms with E-state index in [1.165, 1.54) is 17.3 Å². The predicted molar refractivity (Wildman–Crippen MR) is 141 cm³/mol. The highest BCUT2D eigenvalue weighted by Crippen LogP contribution is 2.28. The Bertz CT molecular complexity index is 535. The third kappa shape index (κ3) is 12.9. The number of hydrogen-bond donors (Lipinski definition) is 1. The van der Waals surface area contributed by atoms with Gasteiger partial charge in [-0.3, -0.25) is 0 Å². The summed E-state index contributed by atoms with van der Waals surface area (Å²) in [6.07, 6.45) is 0. The minimum Gasteiger partial charge on any atom is -0.385 e. The summed E-state index contributed by atoms with van der Waals surface area (Å²) in [6.45, 7) is 12.3. The van der Waals surface area contributed by atoms with Crippen molar-refractivity contribution in [2.24, 2.45) is 5.73 Å². The fraction of sp³-hybridized carbons (Fsp3) is 0.500. The van der Waals surface area contributed by atoms with Crippen LogP contribution < -0.4 is 5.73 Å². The zero-order valence-electron chi connectivity index (χ0n) is 16.3. The van der Waals surface area contributed by atoms with E-state index in [4.69, 9.17) is 42.4 Å². The molecule has 1 aromatic rings. The first-order valence-electron chi connectivity index (χ1n) is 8.77. The molecule has 3 nitrogen and oxygen atoms in total. The maximum absolute atomic E-state index is 5.34. The molecule has 0 aliphatic heterocycles. The van der Waals surface area contributed by atoms with Crippen LogP contribution in [0.15, 0.2) is 30.3 Å². The van der Waals surface area contributed by atoms with Crippen molar-refractivity contribution in [1.82, 2.24) is 9.80 Å². The van der Waals surface area contributed by atoms with Gasteiger partial charge in [0.15, 0.2) is 0 Å². The number of rotatable bonds is 6. The SMILES string of the molecule is CCN(CC)C(=S)SSC(=S)N(CC)CC.NC(=S)SCc1ccccc1. The summed E-state index contributed by atoms with van der Waals surface area (Å²) in [6, 6.07) is 10.1. The maximum atomic E-state index is 5.34. The summed E-state index contributed by atoms with van der Waals surface area (Å²) in [5, 5.41) is 0. The van der Waals surface area contributed by atoms with Crippen molar-refractivity contribution in [2.45, 2.75) is 33.4 Å². The summed E-state index contributed by atoms with van der Waals surface area (Å²) in [5.41, 5.74) is 6.59. The Morgan fingerprint density at radius 2 is 1.22 bits per heavy atom. The monoisotopic (exact) mass is 479 g/mol. The van der Waals surface area contributed by atoms with E-state index in [1.807, 2.05) is 18.2 Å². The zero-order valence-corrected chi connectivity index (χ0v) is 21.2. The molecule has 0 saturated carbocycles. The van der Waals surface area contributed by atoms with Crippen molar-refractivity contribution >= 4 is 83.0 Å². The van der Waals surface area contributed by atoms with Crippen LogP contribution in [-0.2, 0) is 5.75 Å². The van der Waals surface area contributed by atoms with Gasteiger partial charge in [-0.1, -0.05) is 78.7 Å². The minimum absolute atomic E-state index is 0.508. The van der Waals surface area contributed by atoms with Gasteiger partial charge in [-0.15, -0.1) is 0 Å². The third-order valence-corrected chi connectivity index (χ3v) is 8.30. The molecule has 27 heavy (non-hydrogen) atoms. The lowest BCUT2D eigenvalue weighted by molar-refractivity contribution is 0.482. The van der Waals surface area contributed by atoms with Crippen molar-refractivity contribution in [2.75, 3.05) is 26.2 Å². The molecule has 0 heterocycles. The van der Waals surface area contributed by atoms with Crippen LogP contribution in [0.5, 0.6) is 0 Å². The Morgan fingerprint density at radius 1 is 0.815 bits per heavy atom. The summed E-state index contributed by atoms with van der Waals surface area (Å²) < 4.78 is 2.35. The van der Waals surface area contributed by atoms with E-state index >= 15 is 0 Å². The lowest BCUT2D eigenvalue weighted by Crippen LogP contribution is -2.28. The van der Waals surface area contributed by atoms with Gasteiger partial charge in [0.1, 0.15) is 13.0 Å². The van der Waals surface area contributed by atoms with E-state index in [-0.39, 0.29) is 0 Å². The maximum Gasteiger partial charge on any atom is 0.147 e. The Labute approximate surface area is 193 Å². The van der Waals surface area contributed by atoms with Crippen molar-refractivity contribution in [3.63, 3.8) is 0 Å². The van der Waals surface area contributed by atoms with Crippen LogP contribution in [0.3, 0.4) is 0 Å². The molecule has 1 rings (SSSR count). The van der Waals surface area contributed by atoms with Gasteiger partial charge in [0.2, 0.25) is 0 Å². The molecule has 0 bridgehead atoms. The molecule has 0 aromatic heterocycles. The van der Waals surface area contributed by atoms with Gasteiger partial charge in [-0.2, -0.15) is 0 Å². The van der Waals surface area contributed by atoms with E-state index in [9.17, 15) is 0 Å². The highest BCUT2D eigenvalue weighted by Gasteiger charge is 2.11. The van der Waals surface area contributed by atoms with Crippen molar-refractivity contribution in [3.05, 3.63) is 35.9 Å². The number of benzene rings is 1. The van der Waals surface area contributed by atoms with E-state index < -0.39 is 0 Å². The van der Waals surface area contributed by atoms with Crippen LogP contribution in [-0.4, -0.2) is 48.9 Å². The van der Waals surface area contributed by atoms with Gasteiger partial charge < -0.3 is 15.5 Å². The number of thioether (sulfide) groups is 1. The van der Waals surface area contributed by atoms with Gasteiger partial charge in [-0.05, 0) is 54.8 Å². The Morgan fingerprint density at radius 3 is 1.56 bits per heavy atom. The van der Waals surface area contributed by atoms with Crippen molar-refractivity contribution in [1.29, 1.82) is 0 Å². The molecular formula is C18H29N3S6. The van der Waals surface area contributed by atoms with Crippen LogP contribution in [0.25, 0.3) is 0 Å². The molecule has 0 aliphatic carbocycles. The molecule has 152 valence electrons. The summed E-state index contributed by atoms with van der Waals surface area (Å²) in [5.74, 6) is 0.871. The summed E-state index contributed by atoms with van der Waals surface area (Å²) in [7, 11) is 3.18. The highest BCUT2D eigenvalue weighted by atomic mass is 33.1. The molecular weight excluding hydrogens is 451 g/mol. The van der Waals surface area contributed by atoms with Crippen LogP contribution in [0.1, 0.15) is 33.3 Å². The van der Waals surface area contributed by atoms with Gasteiger partial charge in [-0.25, -0.2) is 0 Å². The van der Waals surface area contributed by atoms with Crippen LogP contribution >= 0.6 is 70.0 Å². The van der Waals surface area contributed by atoms with E-state index in [0.29, 0.717) is 4.32 Å². The zero-order chi connectivity index (χ0) is 20.7. The number of nitrogens with zero attached hydrogens (tertiary/aromatic N) is 2. The molecule has 0 aliphatic rings. The normalized spacial score (nSPS) is 9.78. The average molecular weight is 480 g/mol. The minimum atomic E-state index is 0.508. The lowest BCUT2D eigenvalue weighted by atomic mass is 10.2. The van der Waals surface area contributed by atoms with Gasteiger partial charge in [0.05, 0.1) is 0 Å². The smallest absolute Gasteiger partial charge is 0.147 e. The van der Waals surface area contributed by atoms with E-state index in [0.717, 1.165) is 40.6 Å². The first kappa shape index (κ1) is 26.9. The Balaban J connectivity index is 0.000000533. The quantitative estimate of drug-likeness (QED) is 0.403. The molecule has 0 spiro atoms. The molecule has 0 radical (unpaired) electrons. The second-order valence-electron chi connectivity index (χ2n) is 5.14. The van der Waals surface area contributed by atoms with Crippen LogP contribution in [0, 0.1) is 0 Å². The van der Waals surface area contributed by atoms with Crippen LogP contribution in [0.4, 0.5) is 0 Å². The number of thiocarbonyl (C=S) groups is 3. The lowest BCUT2D eigenvalue weighted by Gasteiger charge is -2.23. The van der Waals surface area contributed by atoms with Crippen molar-refractivity contribution in [3.8, 4) is 0 Å². The Kier molecular flexibility index (Phi) is 16.8. The highest BCUT2D eigenvalue weighted by molar-refractivity contribution is 8.89. The third-order valence-electron chi connectivity index (χ3n) is 3.45. The molecule has 9 heteroatoms. The van der Waals surface area contributed by atoms with Gasteiger partial charge >= 0.3 is 0 Å². The van der Waals surface area contributed by atoms with Gasteiger partial charge in [0, 0.05) is 31.9 Å². The first-order chi connectivity index (χ1) is 12.9.